The molecule has 0 bridgehead atoms. The van der Waals surface area contributed by atoms with E-state index in [0.717, 1.165) is 31.1 Å². The topological polar surface area (TPSA) is 35.9 Å². The summed E-state index contributed by atoms with van der Waals surface area (Å²) in [7, 11) is 0. The van der Waals surface area contributed by atoms with E-state index in [4.69, 9.17) is 0 Å². The van der Waals surface area contributed by atoms with Crippen LogP contribution in [-0.2, 0) is 4.79 Å². The molecule has 2 saturated heterocycles. The minimum absolute atomic E-state index is 0.0349. The van der Waals surface area contributed by atoms with Crippen LogP contribution in [0.25, 0.3) is 6.08 Å². The fourth-order valence-electron chi connectivity index (χ4n) is 3.23. The Labute approximate surface area is 159 Å². The van der Waals surface area contributed by atoms with Gasteiger partial charge in [0.2, 0.25) is 0 Å². The lowest BCUT2D eigenvalue weighted by Crippen LogP contribution is -2.35. The summed E-state index contributed by atoms with van der Waals surface area (Å²) in [6.45, 7) is 9.74. The quantitative estimate of drug-likeness (QED) is 0.726. The van der Waals surface area contributed by atoms with E-state index in [1.165, 1.54) is 17.8 Å². The number of thioether (sulfide) groups is 1. The van der Waals surface area contributed by atoms with Gasteiger partial charge in [0, 0.05) is 25.2 Å². The molecule has 1 aromatic rings. The van der Waals surface area contributed by atoms with Crippen molar-refractivity contribution >= 4 is 34.6 Å². The van der Waals surface area contributed by atoms with Crippen molar-refractivity contribution in [3.8, 4) is 0 Å². The van der Waals surface area contributed by atoms with E-state index in [-0.39, 0.29) is 23.8 Å². The fourth-order valence-corrected chi connectivity index (χ4v) is 4.46. The molecule has 1 amide bonds. The summed E-state index contributed by atoms with van der Waals surface area (Å²) in [4.78, 5) is 21.7. The molecule has 0 spiro atoms. The number of amidine groups is 1. The second-order valence-corrected chi connectivity index (χ2v) is 8.30. The van der Waals surface area contributed by atoms with Gasteiger partial charge in [-0.1, -0.05) is 6.07 Å². The van der Waals surface area contributed by atoms with Crippen LogP contribution >= 0.6 is 11.8 Å². The summed E-state index contributed by atoms with van der Waals surface area (Å²) in [5.41, 5.74) is 1.36. The monoisotopic (exact) mass is 375 g/mol. The van der Waals surface area contributed by atoms with Gasteiger partial charge in [-0.2, -0.15) is 0 Å². The van der Waals surface area contributed by atoms with Gasteiger partial charge >= 0.3 is 0 Å². The molecule has 2 heterocycles. The Morgan fingerprint density at radius 1 is 1.19 bits per heavy atom. The van der Waals surface area contributed by atoms with E-state index in [2.05, 4.69) is 9.89 Å². The highest BCUT2D eigenvalue weighted by Crippen LogP contribution is 2.35. The first-order valence-electron chi connectivity index (χ1n) is 9.22. The minimum Gasteiger partial charge on any atom is -0.369 e. The van der Waals surface area contributed by atoms with E-state index >= 15 is 0 Å². The van der Waals surface area contributed by atoms with Crippen molar-refractivity contribution in [1.82, 2.24) is 4.90 Å². The number of hydrogen-bond donors (Lipinski definition) is 0. The summed E-state index contributed by atoms with van der Waals surface area (Å²) < 4.78 is 14.5. The average molecular weight is 376 g/mol. The SMILES string of the molecule is CC(C)N=C1S/C(=C/c2ccc(N3CCCC3)c(F)c2)C(=O)N1C(C)C. The van der Waals surface area contributed by atoms with Gasteiger partial charge in [-0.25, -0.2) is 4.39 Å². The molecule has 2 aliphatic rings. The van der Waals surface area contributed by atoms with Crippen LogP contribution in [0, 0.1) is 5.82 Å². The van der Waals surface area contributed by atoms with E-state index < -0.39 is 0 Å². The minimum atomic E-state index is -0.228. The zero-order valence-electron chi connectivity index (χ0n) is 15.8. The molecule has 2 aliphatic heterocycles. The zero-order valence-corrected chi connectivity index (χ0v) is 16.6. The van der Waals surface area contributed by atoms with Gasteiger partial charge < -0.3 is 4.90 Å². The van der Waals surface area contributed by atoms with Crippen molar-refractivity contribution in [3.05, 3.63) is 34.5 Å². The lowest BCUT2D eigenvalue weighted by Gasteiger charge is -2.20. The maximum absolute atomic E-state index is 14.5. The van der Waals surface area contributed by atoms with Gasteiger partial charge in [-0.15, -0.1) is 0 Å². The largest absolute Gasteiger partial charge is 0.369 e. The molecule has 140 valence electrons. The highest BCUT2D eigenvalue weighted by molar-refractivity contribution is 8.18. The van der Waals surface area contributed by atoms with Crippen LogP contribution in [-0.4, -0.2) is 41.1 Å². The number of carbonyl (C=O) groups is 1. The number of carbonyl (C=O) groups excluding carboxylic acids is 1. The van der Waals surface area contributed by atoms with E-state index in [1.807, 2.05) is 39.8 Å². The molecule has 0 atom stereocenters. The average Bonchev–Trinajstić information content (AvgIpc) is 3.16. The zero-order chi connectivity index (χ0) is 18.8. The van der Waals surface area contributed by atoms with Crippen molar-refractivity contribution in [2.75, 3.05) is 18.0 Å². The first kappa shape index (κ1) is 19.0. The summed E-state index contributed by atoms with van der Waals surface area (Å²) >= 11 is 1.37. The number of benzene rings is 1. The van der Waals surface area contributed by atoms with Crippen LogP contribution in [0.1, 0.15) is 46.1 Å². The van der Waals surface area contributed by atoms with Crippen LogP contribution in [0.3, 0.4) is 0 Å². The van der Waals surface area contributed by atoms with Gasteiger partial charge in [0.1, 0.15) is 5.82 Å². The van der Waals surface area contributed by atoms with Crippen LogP contribution in [0.4, 0.5) is 10.1 Å². The van der Waals surface area contributed by atoms with Crippen molar-refractivity contribution < 1.29 is 9.18 Å². The Morgan fingerprint density at radius 2 is 1.88 bits per heavy atom. The molecule has 0 aliphatic carbocycles. The molecular weight excluding hydrogens is 349 g/mol. The molecule has 0 radical (unpaired) electrons. The molecule has 6 heteroatoms. The molecule has 3 rings (SSSR count). The van der Waals surface area contributed by atoms with E-state index in [1.54, 1.807) is 11.0 Å². The Bertz CT molecular complexity index is 751. The van der Waals surface area contributed by atoms with Gasteiger partial charge in [0.05, 0.1) is 10.6 Å². The first-order valence-corrected chi connectivity index (χ1v) is 10.0. The number of rotatable bonds is 4. The number of aliphatic imine (C=N–C) groups is 1. The van der Waals surface area contributed by atoms with Crippen LogP contribution < -0.4 is 4.90 Å². The van der Waals surface area contributed by atoms with Crippen molar-refractivity contribution in [1.29, 1.82) is 0 Å². The highest BCUT2D eigenvalue weighted by Gasteiger charge is 2.35. The Kier molecular flexibility index (Phi) is 5.70. The Hall–Kier alpha value is -1.82. The van der Waals surface area contributed by atoms with Crippen molar-refractivity contribution in [3.63, 3.8) is 0 Å². The first-order chi connectivity index (χ1) is 12.4. The van der Waals surface area contributed by atoms with Crippen LogP contribution in [0.5, 0.6) is 0 Å². The normalized spacial score (nSPS) is 21.3. The molecule has 4 nitrogen and oxygen atoms in total. The summed E-state index contributed by atoms with van der Waals surface area (Å²) in [5.74, 6) is -0.290. The smallest absolute Gasteiger partial charge is 0.266 e. The van der Waals surface area contributed by atoms with E-state index in [9.17, 15) is 9.18 Å². The molecule has 0 saturated carbocycles. The summed E-state index contributed by atoms with van der Waals surface area (Å²) in [6, 6.07) is 5.37. The Balaban J connectivity index is 1.87. The third kappa shape index (κ3) is 3.95. The highest BCUT2D eigenvalue weighted by atomic mass is 32.2. The van der Waals surface area contributed by atoms with Crippen LogP contribution in [0.15, 0.2) is 28.1 Å². The van der Waals surface area contributed by atoms with Crippen LogP contribution in [0.2, 0.25) is 0 Å². The lowest BCUT2D eigenvalue weighted by atomic mass is 10.1. The molecule has 2 fully saturated rings. The summed E-state index contributed by atoms with van der Waals surface area (Å²) in [5, 5.41) is 0.723. The second kappa shape index (κ2) is 7.82. The number of anilines is 1. The standard InChI is InChI=1S/C20H26FN3OS/c1-13(2)22-20-24(14(3)4)19(25)18(26-20)12-15-7-8-17(16(21)11-15)23-9-5-6-10-23/h7-8,11-14H,5-6,9-10H2,1-4H3/b18-12+,22-20?. The van der Waals surface area contributed by atoms with Gasteiger partial charge in [-0.3, -0.25) is 14.7 Å². The summed E-state index contributed by atoms with van der Waals surface area (Å²) in [6.07, 6.45) is 3.99. The second-order valence-electron chi connectivity index (χ2n) is 7.29. The molecular formula is C20H26FN3OS. The third-order valence-corrected chi connectivity index (χ3v) is 5.44. The predicted octanol–water partition coefficient (Wildman–Crippen LogP) is 4.52. The number of hydrogen-bond acceptors (Lipinski definition) is 4. The predicted molar refractivity (Wildman–Crippen MR) is 108 cm³/mol. The number of amides is 1. The molecule has 26 heavy (non-hydrogen) atoms. The molecule has 1 aromatic carbocycles. The number of halogens is 1. The van der Waals surface area contributed by atoms with Gasteiger partial charge in [0.15, 0.2) is 5.17 Å². The maximum atomic E-state index is 14.5. The van der Waals surface area contributed by atoms with Crippen molar-refractivity contribution in [2.45, 2.75) is 52.6 Å². The Morgan fingerprint density at radius 3 is 2.46 bits per heavy atom. The lowest BCUT2D eigenvalue weighted by molar-refractivity contribution is -0.123. The van der Waals surface area contributed by atoms with Gasteiger partial charge in [-0.05, 0) is 76.1 Å². The van der Waals surface area contributed by atoms with Crippen molar-refractivity contribution in [2.24, 2.45) is 4.99 Å². The molecule has 0 N–H and O–H groups in total. The van der Waals surface area contributed by atoms with E-state index in [0.29, 0.717) is 16.2 Å². The molecule has 0 unspecified atom stereocenters. The maximum Gasteiger partial charge on any atom is 0.266 e. The van der Waals surface area contributed by atoms with Gasteiger partial charge in [0.25, 0.3) is 5.91 Å². The third-order valence-electron chi connectivity index (χ3n) is 4.44. The fraction of sp³-hybridized carbons (Fsp3) is 0.500. The molecule has 0 aromatic heterocycles. The number of nitrogens with zero attached hydrogens (tertiary/aromatic N) is 3.